The van der Waals surface area contributed by atoms with Crippen molar-refractivity contribution in [2.24, 2.45) is 0 Å². The van der Waals surface area contributed by atoms with E-state index in [1.165, 1.54) is 0 Å². The Labute approximate surface area is 104 Å². The maximum atomic E-state index is 11.7. The lowest BCUT2D eigenvalue weighted by molar-refractivity contribution is -0.134. The molecule has 94 valence electrons. The molecule has 0 saturated heterocycles. The molecule has 4 heteroatoms. The average molecular weight is 246 g/mol. The van der Waals surface area contributed by atoms with Crippen LogP contribution in [-0.2, 0) is 4.79 Å². The minimum atomic E-state index is -0.615. The van der Waals surface area contributed by atoms with E-state index < -0.39 is 11.6 Å². The molecule has 0 atom stereocenters. The molecular formula is C14H14O4. The van der Waals surface area contributed by atoms with Gasteiger partial charge in [-0.2, -0.15) is 0 Å². The minimum absolute atomic E-state index is 0.00727. The number of para-hydroxylation sites is 1. The van der Waals surface area contributed by atoms with E-state index in [9.17, 15) is 9.59 Å². The molecule has 0 saturated carbocycles. The van der Waals surface area contributed by atoms with E-state index >= 15 is 0 Å². The van der Waals surface area contributed by atoms with Gasteiger partial charge in [0.05, 0.1) is 0 Å². The highest BCUT2D eigenvalue weighted by molar-refractivity contribution is 5.83. The molecule has 1 aromatic heterocycles. The first-order valence-corrected chi connectivity index (χ1v) is 5.86. The number of benzene rings is 1. The molecule has 18 heavy (non-hydrogen) atoms. The molecule has 1 heterocycles. The molecule has 4 nitrogen and oxygen atoms in total. The lowest BCUT2D eigenvalue weighted by atomic mass is 10.1. The second-order valence-corrected chi connectivity index (χ2v) is 4.06. The molecular weight excluding hydrogens is 232 g/mol. The van der Waals surface area contributed by atoms with E-state index in [4.69, 9.17) is 9.15 Å². The molecule has 0 amide bonds. The number of carbonyl (C=O) groups excluding carboxylic acids is 1. The van der Waals surface area contributed by atoms with Crippen molar-refractivity contribution < 1.29 is 13.9 Å². The molecule has 0 unspecified atom stereocenters. The van der Waals surface area contributed by atoms with E-state index in [0.29, 0.717) is 17.6 Å². The highest BCUT2D eigenvalue weighted by Crippen LogP contribution is 2.23. The van der Waals surface area contributed by atoms with Crippen LogP contribution in [0, 0.1) is 6.92 Å². The second kappa shape index (κ2) is 5.04. The van der Waals surface area contributed by atoms with Gasteiger partial charge >= 0.3 is 11.6 Å². The van der Waals surface area contributed by atoms with Crippen molar-refractivity contribution in [3.05, 3.63) is 40.2 Å². The van der Waals surface area contributed by atoms with Crippen LogP contribution >= 0.6 is 0 Å². The number of rotatable bonds is 3. The summed E-state index contributed by atoms with van der Waals surface area (Å²) in [6, 6.07) is 7.16. The highest BCUT2D eigenvalue weighted by Gasteiger charge is 2.15. The summed E-state index contributed by atoms with van der Waals surface area (Å²) in [6.07, 6.45) is 0.961. The summed E-state index contributed by atoms with van der Waals surface area (Å²) < 4.78 is 10.2. The standard InChI is InChI=1S/C14H14O4/c1-3-6-12(15)18-13-9(2)10-7-4-5-8-11(10)17-14(13)16/h4-5,7-8H,3,6H2,1-2H3. The Hall–Kier alpha value is -2.10. The molecule has 1 aromatic carbocycles. The van der Waals surface area contributed by atoms with Gasteiger partial charge in [0.25, 0.3) is 0 Å². The van der Waals surface area contributed by atoms with E-state index in [2.05, 4.69) is 0 Å². The van der Waals surface area contributed by atoms with Gasteiger partial charge in [0.15, 0.2) is 0 Å². The molecule has 0 aliphatic heterocycles. The molecule has 2 rings (SSSR count). The Bertz CT molecular complexity index is 640. The summed E-state index contributed by atoms with van der Waals surface area (Å²) in [4.78, 5) is 23.2. The maximum Gasteiger partial charge on any atom is 0.380 e. The number of fused-ring (bicyclic) bond motifs is 1. The van der Waals surface area contributed by atoms with Crippen LogP contribution in [0.3, 0.4) is 0 Å². The van der Waals surface area contributed by atoms with Gasteiger partial charge in [0.1, 0.15) is 5.58 Å². The predicted octanol–water partition coefficient (Wildman–Crippen LogP) is 2.81. The number of hydrogen-bond donors (Lipinski definition) is 0. The van der Waals surface area contributed by atoms with E-state index in [1.54, 1.807) is 19.1 Å². The van der Waals surface area contributed by atoms with Crippen molar-refractivity contribution in [2.75, 3.05) is 0 Å². The van der Waals surface area contributed by atoms with Gasteiger partial charge in [0.2, 0.25) is 5.75 Å². The topological polar surface area (TPSA) is 56.5 Å². The van der Waals surface area contributed by atoms with Crippen LogP contribution in [0.15, 0.2) is 33.5 Å². The number of aryl methyl sites for hydroxylation is 1. The predicted molar refractivity (Wildman–Crippen MR) is 67.8 cm³/mol. The normalized spacial score (nSPS) is 10.6. The summed E-state index contributed by atoms with van der Waals surface area (Å²) in [6.45, 7) is 3.62. The van der Waals surface area contributed by atoms with Crippen LogP contribution in [0.2, 0.25) is 0 Å². The van der Waals surface area contributed by atoms with Crippen LogP contribution in [0.4, 0.5) is 0 Å². The highest BCUT2D eigenvalue weighted by atomic mass is 16.5. The van der Waals surface area contributed by atoms with Gasteiger partial charge < -0.3 is 9.15 Å². The average Bonchev–Trinajstić information content (AvgIpc) is 2.35. The Morgan fingerprint density at radius 2 is 2.06 bits per heavy atom. The quantitative estimate of drug-likeness (QED) is 0.617. The Kier molecular flexibility index (Phi) is 3.46. The van der Waals surface area contributed by atoms with Crippen molar-refractivity contribution in [1.29, 1.82) is 0 Å². The van der Waals surface area contributed by atoms with Crippen molar-refractivity contribution in [3.63, 3.8) is 0 Å². The first kappa shape index (κ1) is 12.4. The summed E-state index contributed by atoms with van der Waals surface area (Å²) in [5, 5.41) is 0.774. The van der Waals surface area contributed by atoms with Crippen molar-refractivity contribution in [3.8, 4) is 5.75 Å². The van der Waals surface area contributed by atoms with Gasteiger partial charge in [-0.1, -0.05) is 25.1 Å². The zero-order chi connectivity index (χ0) is 13.1. The smallest absolute Gasteiger partial charge is 0.380 e. The number of ether oxygens (including phenoxy) is 1. The summed E-state index contributed by atoms with van der Waals surface area (Å²) in [7, 11) is 0. The number of esters is 1. The van der Waals surface area contributed by atoms with Gasteiger partial charge in [-0.15, -0.1) is 0 Å². The van der Waals surface area contributed by atoms with Crippen molar-refractivity contribution in [1.82, 2.24) is 0 Å². The van der Waals surface area contributed by atoms with Crippen molar-refractivity contribution in [2.45, 2.75) is 26.7 Å². The molecule has 0 N–H and O–H groups in total. The maximum absolute atomic E-state index is 11.7. The monoisotopic (exact) mass is 246 g/mol. The molecule has 0 aliphatic carbocycles. The van der Waals surface area contributed by atoms with E-state index in [0.717, 1.165) is 5.39 Å². The zero-order valence-corrected chi connectivity index (χ0v) is 10.4. The Morgan fingerprint density at radius 3 is 2.78 bits per heavy atom. The van der Waals surface area contributed by atoms with Gasteiger partial charge in [-0.05, 0) is 19.4 Å². The third-order valence-electron chi connectivity index (χ3n) is 2.69. The fraction of sp³-hybridized carbons (Fsp3) is 0.286. The van der Waals surface area contributed by atoms with Crippen LogP contribution < -0.4 is 10.4 Å². The van der Waals surface area contributed by atoms with E-state index in [1.807, 2.05) is 19.1 Å². The van der Waals surface area contributed by atoms with Crippen LogP contribution in [0.1, 0.15) is 25.3 Å². The van der Waals surface area contributed by atoms with Crippen LogP contribution in [-0.4, -0.2) is 5.97 Å². The summed E-state index contributed by atoms with van der Waals surface area (Å²) in [5.41, 5.74) is 0.511. The minimum Gasteiger partial charge on any atom is -0.420 e. The first-order chi connectivity index (χ1) is 8.63. The molecule has 0 bridgehead atoms. The van der Waals surface area contributed by atoms with Gasteiger partial charge in [-0.3, -0.25) is 4.79 Å². The SMILES string of the molecule is CCCC(=O)Oc1c(C)c2ccccc2oc1=O. The van der Waals surface area contributed by atoms with Crippen LogP contribution in [0.5, 0.6) is 5.75 Å². The Balaban J connectivity index is 2.51. The third kappa shape index (κ3) is 2.27. The molecule has 0 radical (unpaired) electrons. The lowest BCUT2D eigenvalue weighted by Crippen LogP contribution is -2.15. The summed E-state index contributed by atoms with van der Waals surface area (Å²) >= 11 is 0. The molecule has 0 fully saturated rings. The fourth-order valence-electron chi connectivity index (χ4n) is 1.77. The van der Waals surface area contributed by atoms with Crippen LogP contribution in [0.25, 0.3) is 11.0 Å². The number of carbonyl (C=O) groups is 1. The fourth-order valence-corrected chi connectivity index (χ4v) is 1.77. The largest absolute Gasteiger partial charge is 0.420 e. The molecule has 2 aromatic rings. The van der Waals surface area contributed by atoms with Gasteiger partial charge in [0, 0.05) is 17.4 Å². The van der Waals surface area contributed by atoms with Gasteiger partial charge in [-0.25, -0.2) is 4.79 Å². The van der Waals surface area contributed by atoms with E-state index in [-0.39, 0.29) is 12.2 Å². The lowest BCUT2D eigenvalue weighted by Gasteiger charge is -2.07. The zero-order valence-electron chi connectivity index (χ0n) is 10.4. The first-order valence-electron chi connectivity index (χ1n) is 5.86. The Morgan fingerprint density at radius 1 is 1.33 bits per heavy atom. The number of hydrogen-bond acceptors (Lipinski definition) is 4. The summed E-state index contributed by atoms with van der Waals surface area (Å²) in [5.74, 6) is -0.421. The second-order valence-electron chi connectivity index (χ2n) is 4.06. The molecule has 0 aliphatic rings. The third-order valence-corrected chi connectivity index (χ3v) is 2.69. The molecule has 0 spiro atoms. The van der Waals surface area contributed by atoms with Crippen molar-refractivity contribution >= 4 is 16.9 Å².